The van der Waals surface area contributed by atoms with Gasteiger partial charge in [0, 0.05) is 25.1 Å². The van der Waals surface area contributed by atoms with Gasteiger partial charge in [-0.2, -0.15) is 16.1 Å². The molecular weight excluding hydrogens is 387 g/mol. The van der Waals surface area contributed by atoms with Crippen LogP contribution in [0.1, 0.15) is 17.2 Å². The summed E-state index contributed by atoms with van der Waals surface area (Å²) in [5.74, 6) is 0.464. The van der Waals surface area contributed by atoms with E-state index in [0.29, 0.717) is 29.2 Å². The number of hydrogen-bond acceptors (Lipinski definition) is 4. The van der Waals surface area contributed by atoms with Crippen molar-refractivity contribution in [3.8, 4) is 0 Å². The Labute approximate surface area is 164 Å². The molecule has 1 amide bonds. The van der Waals surface area contributed by atoms with Crippen LogP contribution < -0.4 is 5.32 Å². The summed E-state index contributed by atoms with van der Waals surface area (Å²) in [4.78, 5) is 12.6. The fourth-order valence-electron chi connectivity index (χ4n) is 2.49. The zero-order valence-corrected chi connectivity index (χ0v) is 16.9. The van der Waals surface area contributed by atoms with E-state index in [9.17, 15) is 17.6 Å². The van der Waals surface area contributed by atoms with Crippen LogP contribution in [0.3, 0.4) is 0 Å². The molecule has 2 aromatic carbocycles. The summed E-state index contributed by atoms with van der Waals surface area (Å²) in [6, 6.07) is 14.4. The Hall–Kier alpha value is -1.90. The molecule has 0 heterocycles. The molecule has 1 unspecified atom stereocenters. The number of thioether (sulfide) groups is 1. The van der Waals surface area contributed by atoms with Gasteiger partial charge in [0.2, 0.25) is 15.9 Å². The van der Waals surface area contributed by atoms with Crippen LogP contribution >= 0.6 is 11.8 Å². The third-order valence-electron chi connectivity index (χ3n) is 4.01. The second-order valence-electron chi connectivity index (χ2n) is 6.03. The lowest BCUT2D eigenvalue weighted by molar-refractivity contribution is -0.124. The van der Waals surface area contributed by atoms with Gasteiger partial charge in [-0.3, -0.25) is 4.79 Å². The number of carbonyl (C=O) groups excluding carboxylic acids is 1. The smallest absolute Gasteiger partial charge is 0.243 e. The van der Waals surface area contributed by atoms with Crippen molar-refractivity contribution in [3.05, 3.63) is 71.5 Å². The summed E-state index contributed by atoms with van der Waals surface area (Å²) in [7, 11) is -2.16. The summed E-state index contributed by atoms with van der Waals surface area (Å²) in [5.41, 5.74) is 1.22. The number of sulfonamides is 1. The van der Waals surface area contributed by atoms with Crippen LogP contribution in [0.5, 0.6) is 0 Å². The van der Waals surface area contributed by atoms with Crippen molar-refractivity contribution < 1.29 is 17.6 Å². The minimum absolute atomic E-state index is 0.243. The van der Waals surface area contributed by atoms with Crippen LogP contribution in [0.25, 0.3) is 0 Å². The first-order valence-corrected chi connectivity index (χ1v) is 11.4. The van der Waals surface area contributed by atoms with E-state index in [1.165, 1.54) is 24.9 Å². The lowest BCUT2D eigenvalue weighted by Crippen LogP contribution is -2.41. The average Bonchev–Trinajstić information content (AvgIpc) is 2.63. The molecule has 0 saturated carbocycles. The van der Waals surface area contributed by atoms with Gasteiger partial charge in [-0.1, -0.05) is 48.5 Å². The third-order valence-corrected chi connectivity index (χ3v) is 6.28. The summed E-state index contributed by atoms with van der Waals surface area (Å²) in [5, 5.41) is 2.78. The monoisotopic (exact) mass is 410 g/mol. The number of nitrogens with zero attached hydrogens (tertiary/aromatic N) is 1. The molecule has 0 saturated heterocycles. The van der Waals surface area contributed by atoms with Crippen LogP contribution in [0.2, 0.25) is 0 Å². The number of carbonyl (C=O) groups is 1. The largest absolute Gasteiger partial charge is 0.354 e. The quantitative estimate of drug-likeness (QED) is 0.646. The Morgan fingerprint density at radius 3 is 2.41 bits per heavy atom. The van der Waals surface area contributed by atoms with Gasteiger partial charge in [-0.25, -0.2) is 12.8 Å². The molecule has 1 atom stereocenters. The second kappa shape index (κ2) is 9.87. The lowest BCUT2D eigenvalue weighted by atomic mass is 10.1. The van der Waals surface area contributed by atoms with Crippen molar-refractivity contribution in [2.45, 2.75) is 11.8 Å². The van der Waals surface area contributed by atoms with Crippen molar-refractivity contribution in [1.29, 1.82) is 0 Å². The highest BCUT2D eigenvalue weighted by molar-refractivity contribution is 7.98. The van der Waals surface area contributed by atoms with Gasteiger partial charge in [0.15, 0.2) is 0 Å². The number of rotatable bonds is 9. The number of benzene rings is 2. The topological polar surface area (TPSA) is 66.5 Å². The molecule has 0 radical (unpaired) electrons. The minimum Gasteiger partial charge on any atom is -0.354 e. The molecule has 0 aliphatic heterocycles. The van der Waals surface area contributed by atoms with Gasteiger partial charge >= 0.3 is 0 Å². The molecule has 0 fully saturated rings. The predicted octanol–water partition coefficient (Wildman–Crippen LogP) is 2.81. The molecule has 0 spiro atoms. The van der Waals surface area contributed by atoms with Crippen LogP contribution in [0.15, 0.2) is 54.6 Å². The summed E-state index contributed by atoms with van der Waals surface area (Å²) in [6.45, 7) is 0.360. The Morgan fingerprint density at radius 1 is 1.15 bits per heavy atom. The molecule has 5 nitrogen and oxygen atoms in total. The number of halogens is 1. The second-order valence-corrected chi connectivity index (χ2v) is 9.17. The molecule has 2 rings (SSSR count). The van der Waals surface area contributed by atoms with Gasteiger partial charge in [-0.05, 0) is 17.2 Å². The Morgan fingerprint density at radius 2 is 1.78 bits per heavy atom. The van der Waals surface area contributed by atoms with Crippen molar-refractivity contribution >= 4 is 27.7 Å². The number of amides is 1. The predicted molar refractivity (Wildman–Crippen MR) is 107 cm³/mol. The maximum atomic E-state index is 13.6. The molecule has 0 aliphatic rings. The number of likely N-dealkylation sites (N-methyl/N-ethyl adjacent to an activating group) is 1. The van der Waals surface area contributed by atoms with E-state index in [1.54, 1.807) is 48.5 Å². The molecule has 0 bridgehead atoms. The highest BCUT2D eigenvalue weighted by Gasteiger charge is 2.30. The fourth-order valence-corrected chi connectivity index (χ4v) is 3.94. The highest BCUT2D eigenvalue weighted by atomic mass is 32.2. The molecule has 2 aromatic rings. The zero-order chi connectivity index (χ0) is 19.9. The van der Waals surface area contributed by atoms with Gasteiger partial charge < -0.3 is 5.32 Å². The Kier molecular flexibility index (Phi) is 7.82. The summed E-state index contributed by atoms with van der Waals surface area (Å²) >= 11 is 1.50. The van der Waals surface area contributed by atoms with E-state index in [-0.39, 0.29) is 11.7 Å². The van der Waals surface area contributed by atoms with Gasteiger partial charge in [0.05, 0.1) is 6.26 Å². The first-order valence-electron chi connectivity index (χ1n) is 8.37. The molecule has 0 aromatic heterocycles. The molecule has 146 valence electrons. The highest BCUT2D eigenvalue weighted by Crippen LogP contribution is 2.22. The van der Waals surface area contributed by atoms with Gasteiger partial charge in [-0.15, -0.1) is 0 Å². The van der Waals surface area contributed by atoms with E-state index in [4.69, 9.17) is 0 Å². The maximum absolute atomic E-state index is 13.6. The van der Waals surface area contributed by atoms with Gasteiger partial charge in [0.25, 0.3) is 0 Å². The normalized spacial score (nSPS) is 12.7. The Balaban J connectivity index is 1.93. The number of nitrogens with one attached hydrogen (secondary N) is 1. The Bertz CT molecular complexity index is 860. The van der Waals surface area contributed by atoms with E-state index in [2.05, 4.69) is 5.32 Å². The van der Waals surface area contributed by atoms with Crippen LogP contribution in [-0.4, -0.2) is 44.2 Å². The van der Waals surface area contributed by atoms with Crippen LogP contribution in [0.4, 0.5) is 4.39 Å². The molecule has 27 heavy (non-hydrogen) atoms. The SMILES string of the molecule is CN(C(C(=O)NCCSCc1ccccc1F)c1ccccc1)S(C)(=O)=O. The summed E-state index contributed by atoms with van der Waals surface area (Å²) in [6.07, 6.45) is 1.07. The van der Waals surface area contributed by atoms with Crippen LogP contribution in [-0.2, 0) is 20.6 Å². The van der Waals surface area contributed by atoms with Crippen LogP contribution in [0, 0.1) is 5.82 Å². The van der Waals surface area contributed by atoms with E-state index in [1.807, 2.05) is 0 Å². The first kappa shape index (κ1) is 21.4. The van der Waals surface area contributed by atoms with Crippen molar-refractivity contribution in [2.24, 2.45) is 0 Å². The molecule has 8 heteroatoms. The van der Waals surface area contributed by atoms with E-state index in [0.717, 1.165) is 10.6 Å². The van der Waals surface area contributed by atoms with Crippen molar-refractivity contribution in [1.82, 2.24) is 9.62 Å². The standard InChI is InChI=1S/C19H23FN2O3S2/c1-22(27(2,24)25)18(15-8-4-3-5-9-15)19(23)21-12-13-26-14-16-10-6-7-11-17(16)20/h3-11,18H,12-14H2,1-2H3,(H,21,23). The van der Waals surface area contributed by atoms with Crippen molar-refractivity contribution in [2.75, 3.05) is 25.6 Å². The van der Waals surface area contributed by atoms with E-state index < -0.39 is 16.1 Å². The van der Waals surface area contributed by atoms with E-state index >= 15 is 0 Å². The minimum atomic E-state index is -3.55. The zero-order valence-electron chi connectivity index (χ0n) is 15.3. The average molecular weight is 411 g/mol. The fraction of sp³-hybridized carbons (Fsp3) is 0.316. The number of hydrogen-bond donors (Lipinski definition) is 1. The molecule has 1 N–H and O–H groups in total. The maximum Gasteiger partial charge on any atom is 0.243 e. The third kappa shape index (κ3) is 6.34. The molecular formula is C19H23FN2O3S2. The van der Waals surface area contributed by atoms with Crippen molar-refractivity contribution in [3.63, 3.8) is 0 Å². The first-order chi connectivity index (χ1) is 12.8. The van der Waals surface area contributed by atoms with Gasteiger partial charge in [0.1, 0.15) is 11.9 Å². The summed E-state index contributed by atoms with van der Waals surface area (Å²) < 4.78 is 38.5. The molecule has 0 aliphatic carbocycles. The lowest BCUT2D eigenvalue weighted by Gasteiger charge is -2.25.